The van der Waals surface area contributed by atoms with Gasteiger partial charge in [0.1, 0.15) is 0 Å². The molecule has 0 aromatic heterocycles. The highest BCUT2D eigenvalue weighted by Gasteiger charge is 2.42. The Labute approximate surface area is 124 Å². The van der Waals surface area contributed by atoms with Crippen LogP contribution in [0.15, 0.2) is 0 Å². The number of carbonyl (C=O) groups is 1. The first kappa shape index (κ1) is 17.5. The standard InChI is InChI=1S/C17H33NO2/c1-6-17(16(19)20)8-7-9-18(12-17)15(10-13(2)3)11-14(4)5/h13-15H,6-12H2,1-5H3,(H,19,20). The van der Waals surface area contributed by atoms with Crippen molar-refractivity contribution in [1.29, 1.82) is 0 Å². The summed E-state index contributed by atoms with van der Waals surface area (Å²) in [7, 11) is 0. The van der Waals surface area contributed by atoms with Crippen LogP contribution >= 0.6 is 0 Å². The second kappa shape index (κ2) is 7.44. The van der Waals surface area contributed by atoms with Crippen LogP contribution in [0.5, 0.6) is 0 Å². The third-order valence-corrected chi connectivity index (χ3v) is 4.74. The molecule has 0 radical (unpaired) electrons. The summed E-state index contributed by atoms with van der Waals surface area (Å²) in [5.74, 6) is 0.737. The van der Waals surface area contributed by atoms with Gasteiger partial charge in [0.25, 0.3) is 0 Å². The molecule has 0 aliphatic carbocycles. The molecule has 1 atom stereocenters. The van der Waals surface area contributed by atoms with Crippen LogP contribution in [0.4, 0.5) is 0 Å². The highest BCUT2D eigenvalue weighted by atomic mass is 16.4. The lowest BCUT2D eigenvalue weighted by Gasteiger charge is -2.44. The smallest absolute Gasteiger partial charge is 0.310 e. The second-order valence-electron chi connectivity index (χ2n) is 7.43. The summed E-state index contributed by atoms with van der Waals surface area (Å²) < 4.78 is 0. The molecule has 0 aromatic rings. The fraction of sp³-hybridized carbons (Fsp3) is 0.941. The third-order valence-electron chi connectivity index (χ3n) is 4.74. The number of carboxylic acids is 1. The molecule has 0 amide bonds. The van der Waals surface area contributed by atoms with E-state index in [1.807, 2.05) is 6.92 Å². The Balaban J connectivity index is 2.82. The quantitative estimate of drug-likeness (QED) is 0.767. The molecule has 0 bridgehead atoms. The van der Waals surface area contributed by atoms with Crippen LogP contribution in [-0.2, 0) is 4.79 Å². The fourth-order valence-corrected chi connectivity index (χ4v) is 3.58. The van der Waals surface area contributed by atoms with Crippen LogP contribution in [-0.4, -0.2) is 35.1 Å². The monoisotopic (exact) mass is 283 g/mol. The molecule has 1 N–H and O–H groups in total. The lowest BCUT2D eigenvalue weighted by atomic mass is 9.76. The lowest BCUT2D eigenvalue weighted by molar-refractivity contribution is -0.153. The summed E-state index contributed by atoms with van der Waals surface area (Å²) in [6.45, 7) is 12.9. The van der Waals surface area contributed by atoms with Gasteiger partial charge in [-0.15, -0.1) is 0 Å². The second-order valence-corrected chi connectivity index (χ2v) is 7.43. The Hall–Kier alpha value is -0.570. The molecule has 1 saturated heterocycles. The zero-order valence-electron chi connectivity index (χ0n) is 14.0. The Bertz CT molecular complexity index is 304. The van der Waals surface area contributed by atoms with E-state index in [4.69, 9.17) is 0 Å². The van der Waals surface area contributed by atoms with E-state index in [1.54, 1.807) is 0 Å². The van der Waals surface area contributed by atoms with Crippen LogP contribution < -0.4 is 0 Å². The third kappa shape index (κ3) is 4.47. The summed E-state index contributed by atoms with van der Waals surface area (Å²) >= 11 is 0. The van der Waals surface area contributed by atoms with E-state index in [2.05, 4.69) is 32.6 Å². The molecule has 0 spiro atoms. The lowest BCUT2D eigenvalue weighted by Crippen LogP contribution is -2.51. The average Bonchev–Trinajstić information content (AvgIpc) is 2.36. The largest absolute Gasteiger partial charge is 0.481 e. The van der Waals surface area contributed by atoms with E-state index in [1.165, 1.54) is 12.8 Å². The van der Waals surface area contributed by atoms with Gasteiger partial charge in [-0.05, 0) is 50.5 Å². The Kier molecular flexibility index (Phi) is 6.50. The first-order valence-corrected chi connectivity index (χ1v) is 8.28. The summed E-state index contributed by atoms with van der Waals surface area (Å²) in [6.07, 6.45) is 4.96. The molecule has 1 fully saturated rings. The van der Waals surface area contributed by atoms with Gasteiger partial charge in [0.05, 0.1) is 5.41 Å². The van der Waals surface area contributed by atoms with E-state index >= 15 is 0 Å². The summed E-state index contributed by atoms with van der Waals surface area (Å²) in [5, 5.41) is 9.63. The number of carboxylic acid groups (broad SMARTS) is 1. The fourth-order valence-electron chi connectivity index (χ4n) is 3.58. The molecule has 1 aliphatic heterocycles. The Morgan fingerprint density at radius 1 is 1.20 bits per heavy atom. The molecular formula is C17H33NO2. The first-order valence-electron chi connectivity index (χ1n) is 8.28. The maximum atomic E-state index is 11.7. The molecule has 1 rings (SSSR count). The number of nitrogens with zero attached hydrogens (tertiary/aromatic N) is 1. The summed E-state index contributed by atoms with van der Waals surface area (Å²) in [4.78, 5) is 14.2. The van der Waals surface area contributed by atoms with Crippen LogP contribution in [0, 0.1) is 17.3 Å². The van der Waals surface area contributed by atoms with Crippen molar-refractivity contribution in [2.45, 2.75) is 72.8 Å². The molecule has 1 heterocycles. The summed E-state index contributed by atoms with van der Waals surface area (Å²) in [5.41, 5.74) is -0.509. The van der Waals surface area contributed by atoms with Gasteiger partial charge >= 0.3 is 5.97 Å². The van der Waals surface area contributed by atoms with Gasteiger partial charge in [-0.1, -0.05) is 34.6 Å². The van der Waals surface area contributed by atoms with Crippen LogP contribution in [0.3, 0.4) is 0 Å². The minimum absolute atomic E-state index is 0.509. The summed E-state index contributed by atoms with van der Waals surface area (Å²) in [6, 6.07) is 0.542. The van der Waals surface area contributed by atoms with Gasteiger partial charge < -0.3 is 5.11 Å². The van der Waals surface area contributed by atoms with E-state index in [0.717, 1.165) is 32.4 Å². The van der Waals surface area contributed by atoms with Crippen molar-refractivity contribution >= 4 is 5.97 Å². The average molecular weight is 283 g/mol. The number of likely N-dealkylation sites (tertiary alicyclic amines) is 1. The maximum absolute atomic E-state index is 11.7. The molecular weight excluding hydrogens is 250 g/mol. The van der Waals surface area contributed by atoms with Crippen molar-refractivity contribution < 1.29 is 9.90 Å². The van der Waals surface area contributed by atoms with Gasteiger partial charge in [-0.3, -0.25) is 9.69 Å². The van der Waals surface area contributed by atoms with E-state index in [9.17, 15) is 9.90 Å². The highest BCUT2D eigenvalue weighted by Crippen LogP contribution is 2.36. The van der Waals surface area contributed by atoms with E-state index in [-0.39, 0.29) is 0 Å². The molecule has 0 aromatic carbocycles. The zero-order valence-corrected chi connectivity index (χ0v) is 14.0. The number of hydrogen-bond donors (Lipinski definition) is 1. The van der Waals surface area contributed by atoms with E-state index in [0.29, 0.717) is 17.9 Å². The van der Waals surface area contributed by atoms with Crippen molar-refractivity contribution in [1.82, 2.24) is 4.90 Å². The van der Waals surface area contributed by atoms with Gasteiger partial charge in [0.15, 0.2) is 0 Å². The molecule has 0 saturated carbocycles. The topological polar surface area (TPSA) is 40.5 Å². The van der Waals surface area contributed by atoms with E-state index < -0.39 is 11.4 Å². The molecule has 118 valence electrons. The van der Waals surface area contributed by atoms with Crippen molar-refractivity contribution in [2.24, 2.45) is 17.3 Å². The van der Waals surface area contributed by atoms with Crippen molar-refractivity contribution in [3.63, 3.8) is 0 Å². The predicted molar refractivity (Wildman–Crippen MR) is 83.9 cm³/mol. The van der Waals surface area contributed by atoms with Crippen LogP contribution in [0.2, 0.25) is 0 Å². The predicted octanol–water partition coefficient (Wildman–Crippen LogP) is 4.02. The maximum Gasteiger partial charge on any atom is 0.310 e. The van der Waals surface area contributed by atoms with Gasteiger partial charge in [-0.2, -0.15) is 0 Å². The van der Waals surface area contributed by atoms with Gasteiger partial charge in [0, 0.05) is 12.6 Å². The number of aliphatic carboxylic acids is 1. The van der Waals surface area contributed by atoms with Crippen molar-refractivity contribution in [3.05, 3.63) is 0 Å². The van der Waals surface area contributed by atoms with Gasteiger partial charge in [0.2, 0.25) is 0 Å². The SMILES string of the molecule is CCC1(C(=O)O)CCCN(C(CC(C)C)CC(C)C)C1. The number of rotatable bonds is 7. The normalized spacial score (nSPS) is 24.8. The van der Waals surface area contributed by atoms with Gasteiger partial charge in [-0.25, -0.2) is 0 Å². The van der Waals surface area contributed by atoms with Crippen LogP contribution in [0.25, 0.3) is 0 Å². The highest BCUT2D eigenvalue weighted by molar-refractivity contribution is 5.75. The Morgan fingerprint density at radius 2 is 1.75 bits per heavy atom. The number of hydrogen-bond acceptors (Lipinski definition) is 2. The van der Waals surface area contributed by atoms with Crippen molar-refractivity contribution in [3.8, 4) is 0 Å². The minimum Gasteiger partial charge on any atom is -0.481 e. The number of piperidine rings is 1. The molecule has 3 nitrogen and oxygen atoms in total. The molecule has 1 aliphatic rings. The molecule has 20 heavy (non-hydrogen) atoms. The first-order chi connectivity index (χ1) is 9.30. The molecule has 3 heteroatoms. The Morgan fingerprint density at radius 3 is 2.15 bits per heavy atom. The minimum atomic E-state index is -0.599. The zero-order chi connectivity index (χ0) is 15.3. The molecule has 1 unspecified atom stereocenters. The van der Waals surface area contributed by atoms with Crippen LogP contribution in [0.1, 0.15) is 66.7 Å². The van der Waals surface area contributed by atoms with Crippen molar-refractivity contribution in [2.75, 3.05) is 13.1 Å².